The monoisotopic (exact) mass is 589 g/mol. The molecule has 2 atom stereocenters. The summed E-state index contributed by atoms with van der Waals surface area (Å²) in [6.45, 7) is 3.72. The van der Waals surface area contributed by atoms with E-state index in [4.69, 9.17) is 44.1 Å². The van der Waals surface area contributed by atoms with Crippen LogP contribution in [0.15, 0.2) is 53.7 Å². The van der Waals surface area contributed by atoms with Crippen LogP contribution in [0.4, 0.5) is 16.3 Å². The molecule has 1 aromatic heterocycles. The fourth-order valence-electron chi connectivity index (χ4n) is 3.40. The maximum atomic E-state index is 12.2. The van der Waals surface area contributed by atoms with Gasteiger partial charge in [-0.2, -0.15) is 0 Å². The van der Waals surface area contributed by atoms with E-state index in [-0.39, 0.29) is 17.9 Å². The van der Waals surface area contributed by atoms with E-state index in [1.54, 1.807) is 32.4 Å². The lowest BCUT2D eigenvalue weighted by Gasteiger charge is -2.16. The molecule has 214 valence electrons. The zero-order chi connectivity index (χ0) is 29.8. The van der Waals surface area contributed by atoms with E-state index in [9.17, 15) is 9.59 Å². The number of anilines is 2. The van der Waals surface area contributed by atoms with Crippen LogP contribution in [-0.4, -0.2) is 44.5 Å². The topological polar surface area (TPSA) is 166 Å². The molecule has 0 bridgehead atoms. The maximum Gasteiger partial charge on any atom is 0.320 e. The third kappa shape index (κ3) is 8.92. The molecule has 3 amide bonds. The van der Waals surface area contributed by atoms with Crippen molar-refractivity contribution in [3.63, 3.8) is 0 Å². The molecule has 7 N–H and O–H groups in total. The van der Waals surface area contributed by atoms with Crippen molar-refractivity contribution in [2.24, 2.45) is 10.7 Å². The number of urea groups is 1. The van der Waals surface area contributed by atoms with Crippen molar-refractivity contribution in [1.29, 1.82) is 0 Å². The van der Waals surface area contributed by atoms with E-state index in [1.807, 2.05) is 32.0 Å². The number of nitrogens with zero attached hydrogens (tertiary/aromatic N) is 2. The third-order valence-corrected chi connectivity index (χ3v) is 6.33. The highest BCUT2D eigenvalue weighted by Gasteiger charge is 2.13. The Labute approximate surface area is 243 Å². The molecule has 0 saturated carbocycles. The number of rotatable bonds is 9. The summed E-state index contributed by atoms with van der Waals surface area (Å²) in [5.41, 5.74) is 14.3. The SMILES string of the molecule is CN=C(N)c1cnc(NC(=O)NC(C)c2ccc(Cl)c(OC)c2)cc1N.COc1cc(C(C)NC=O)ccc1Cl. The van der Waals surface area contributed by atoms with Gasteiger partial charge in [-0.05, 0) is 49.2 Å². The molecule has 0 saturated heterocycles. The largest absolute Gasteiger partial charge is 0.495 e. The summed E-state index contributed by atoms with van der Waals surface area (Å²) in [7, 11) is 4.65. The Morgan fingerprint density at radius 3 is 2.02 bits per heavy atom. The van der Waals surface area contributed by atoms with Gasteiger partial charge in [0.15, 0.2) is 0 Å². The maximum absolute atomic E-state index is 12.2. The van der Waals surface area contributed by atoms with Gasteiger partial charge in [-0.3, -0.25) is 15.1 Å². The summed E-state index contributed by atoms with van der Waals surface area (Å²) in [6, 6.07) is 11.5. The molecule has 0 spiro atoms. The molecule has 0 aliphatic heterocycles. The van der Waals surface area contributed by atoms with Crippen LogP contribution in [0.5, 0.6) is 11.5 Å². The van der Waals surface area contributed by atoms with Gasteiger partial charge in [-0.25, -0.2) is 9.78 Å². The predicted molar refractivity (Wildman–Crippen MR) is 159 cm³/mol. The van der Waals surface area contributed by atoms with Gasteiger partial charge < -0.3 is 31.6 Å². The number of benzene rings is 2. The Balaban J connectivity index is 0.000000337. The number of amides is 3. The molecule has 40 heavy (non-hydrogen) atoms. The molecule has 3 rings (SSSR count). The van der Waals surface area contributed by atoms with E-state index in [1.165, 1.54) is 19.4 Å². The second kappa shape index (κ2) is 15.4. The lowest BCUT2D eigenvalue weighted by molar-refractivity contribution is -0.110. The number of hydrogen-bond acceptors (Lipinski definition) is 7. The molecule has 1 heterocycles. The number of carbonyl (C=O) groups excluding carboxylic acids is 2. The highest BCUT2D eigenvalue weighted by molar-refractivity contribution is 6.32. The number of methoxy groups -OCH3 is 2. The second-order valence-electron chi connectivity index (χ2n) is 8.38. The smallest absolute Gasteiger partial charge is 0.320 e. The quantitative estimate of drug-likeness (QED) is 0.137. The molecule has 0 aliphatic rings. The highest BCUT2D eigenvalue weighted by Crippen LogP contribution is 2.28. The molecule has 3 aromatic rings. The Morgan fingerprint density at radius 2 is 1.55 bits per heavy atom. The van der Waals surface area contributed by atoms with Crippen LogP contribution in [0.25, 0.3) is 0 Å². The normalized spacial score (nSPS) is 12.2. The molecular weight excluding hydrogens is 557 g/mol. The molecule has 11 nitrogen and oxygen atoms in total. The summed E-state index contributed by atoms with van der Waals surface area (Å²) >= 11 is 11.9. The van der Waals surface area contributed by atoms with E-state index in [2.05, 4.69) is 25.9 Å². The van der Waals surface area contributed by atoms with Crippen molar-refractivity contribution in [2.75, 3.05) is 32.3 Å². The second-order valence-corrected chi connectivity index (χ2v) is 9.19. The van der Waals surface area contributed by atoms with E-state index < -0.39 is 6.03 Å². The first-order valence-electron chi connectivity index (χ1n) is 12.0. The highest BCUT2D eigenvalue weighted by atomic mass is 35.5. The van der Waals surface area contributed by atoms with Gasteiger partial charge >= 0.3 is 6.03 Å². The van der Waals surface area contributed by atoms with Crippen LogP contribution >= 0.6 is 23.2 Å². The van der Waals surface area contributed by atoms with Crippen LogP contribution in [0.1, 0.15) is 42.6 Å². The van der Waals surface area contributed by atoms with Gasteiger partial charge in [0.1, 0.15) is 23.2 Å². The lowest BCUT2D eigenvalue weighted by atomic mass is 10.1. The number of aromatic nitrogens is 1. The van der Waals surface area contributed by atoms with Gasteiger partial charge in [-0.15, -0.1) is 0 Å². The number of nitrogens with two attached hydrogens (primary N) is 2. The average Bonchev–Trinajstić information content (AvgIpc) is 2.93. The number of amidine groups is 1. The van der Waals surface area contributed by atoms with Crippen LogP contribution in [0.2, 0.25) is 10.0 Å². The van der Waals surface area contributed by atoms with E-state index >= 15 is 0 Å². The number of hydrogen-bond donors (Lipinski definition) is 5. The van der Waals surface area contributed by atoms with Crippen molar-refractivity contribution in [3.8, 4) is 11.5 Å². The van der Waals surface area contributed by atoms with Crippen LogP contribution < -0.4 is 36.9 Å². The number of nitrogen functional groups attached to an aromatic ring is 1. The molecule has 13 heteroatoms. The number of ether oxygens (including phenoxy) is 2. The van der Waals surface area contributed by atoms with Crippen molar-refractivity contribution in [2.45, 2.75) is 25.9 Å². The number of pyridine rings is 1. The number of nitrogens with one attached hydrogen (secondary N) is 3. The van der Waals surface area contributed by atoms with Crippen molar-refractivity contribution >= 4 is 53.0 Å². The molecule has 0 fully saturated rings. The van der Waals surface area contributed by atoms with E-state index in [0.29, 0.717) is 45.0 Å². The van der Waals surface area contributed by atoms with Crippen LogP contribution in [0.3, 0.4) is 0 Å². The van der Waals surface area contributed by atoms with Crippen molar-refractivity contribution in [3.05, 3.63) is 75.4 Å². The molecule has 0 aliphatic carbocycles. The van der Waals surface area contributed by atoms with Crippen LogP contribution in [0, 0.1) is 0 Å². The minimum absolute atomic E-state index is 0.0429. The fraction of sp³-hybridized carbons (Fsp3) is 0.259. The molecular formula is C27H33Cl2N7O4. The first-order valence-corrected chi connectivity index (χ1v) is 12.7. The number of aliphatic imine (C=N–C) groups is 1. The van der Waals surface area contributed by atoms with Gasteiger partial charge in [0.05, 0.1) is 41.9 Å². The lowest BCUT2D eigenvalue weighted by Crippen LogP contribution is -2.31. The van der Waals surface area contributed by atoms with Crippen molar-refractivity contribution in [1.82, 2.24) is 15.6 Å². The summed E-state index contributed by atoms with van der Waals surface area (Å²) in [4.78, 5) is 30.4. The van der Waals surface area contributed by atoms with Gasteiger partial charge in [0, 0.05) is 25.0 Å². The Morgan fingerprint density at radius 1 is 1.00 bits per heavy atom. The minimum atomic E-state index is -0.428. The van der Waals surface area contributed by atoms with E-state index in [0.717, 1.165) is 11.1 Å². The summed E-state index contributed by atoms with van der Waals surface area (Å²) in [5, 5.41) is 9.15. The summed E-state index contributed by atoms with van der Waals surface area (Å²) < 4.78 is 10.3. The first-order chi connectivity index (χ1) is 19.0. The van der Waals surface area contributed by atoms with Gasteiger partial charge in [0.25, 0.3) is 0 Å². The van der Waals surface area contributed by atoms with Gasteiger partial charge in [-0.1, -0.05) is 35.3 Å². The zero-order valence-corrected chi connectivity index (χ0v) is 24.3. The third-order valence-electron chi connectivity index (χ3n) is 5.71. The molecule has 2 unspecified atom stereocenters. The zero-order valence-electron chi connectivity index (χ0n) is 22.8. The fourth-order valence-corrected chi connectivity index (χ4v) is 3.79. The average molecular weight is 591 g/mol. The number of carbonyl (C=O) groups is 2. The van der Waals surface area contributed by atoms with Gasteiger partial charge in [0.2, 0.25) is 6.41 Å². The predicted octanol–water partition coefficient (Wildman–Crippen LogP) is 4.70. The Hall–Kier alpha value is -4.22. The van der Waals surface area contributed by atoms with Crippen LogP contribution in [-0.2, 0) is 4.79 Å². The molecule has 2 aromatic carbocycles. The summed E-state index contributed by atoms with van der Waals surface area (Å²) in [6.07, 6.45) is 2.13. The van der Waals surface area contributed by atoms with Crippen molar-refractivity contribution < 1.29 is 19.1 Å². The standard InChI is InChI=1S/C17H21ClN6O2.C10H12ClNO2/c1-9(10-4-5-12(18)14(6-10)26-3)23-17(25)24-15-7-13(19)11(8-22-15)16(20)21-2;1-7(12-6-13)8-3-4-9(11)10(5-8)14-2/h4-9H,1-3H3,(H2,20,21)(H4,19,22,23,24,25);3-7H,1-2H3,(H,12,13). The Kier molecular flexibility index (Phi) is 12.3. The summed E-state index contributed by atoms with van der Waals surface area (Å²) in [5.74, 6) is 1.73. The number of halogens is 2. The Bertz CT molecular complexity index is 1350. The minimum Gasteiger partial charge on any atom is -0.495 e. The first kappa shape index (κ1) is 32.0. The molecule has 0 radical (unpaired) electrons.